The van der Waals surface area contributed by atoms with Gasteiger partial charge in [0.25, 0.3) is 5.91 Å². The number of pyridine rings is 1. The summed E-state index contributed by atoms with van der Waals surface area (Å²) in [5, 5.41) is 11.2. The van der Waals surface area contributed by atoms with Crippen molar-refractivity contribution in [2.24, 2.45) is 0 Å². The minimum atomic E-state index is -0.522. The second kappa shape index (κ2) is 6.26. The van der Waals surface area contributed by atoms with Crippen molar-refractivity contribution in [2.75, 3.05) is 0 Å². The first-order valence-corrected chi connectivity index (χ1v) is 6.49. The van der Waals surface area contributed by atoms with Crippen LogP contribution in [-0.2, 0) is 6.54 Å². The molecule has 0 saturated heterocycles. The van der Waals surface area contributed by atoms with Gasteiger partial charge in [0.15, 0.2) is 0 Å². The fourth-order valence-corrected chi connectivity index (χ4v) is 1.90. The third-order valence-corrected chi connectivity index (χ3v) is 3.01. The topological polar surface area (TPSA) is 65.8 Å². The summed E-state index contributed by atoms with van der Waals surface area (Å²) in [5.41, 5.74) is 0.798. The summed E-state index contributed by atoms with van der Waals surface area (Å²) < 4.78 is 14.2. The van der Waals surface area contributed by atoms with Crippen LogP contribution in [0.15, 0.2) is 41.0 Å². The number of benzene rings is 1. The zero-order chi connectivity index (χ0) is 14.5. The fourth-order valence-electron chi connectivity index (χ4n) is 1.56. The Labute approximate surface area is 123 Å². The number of amides is 1. The summed E-state index contributed by atoms with van der Waals surface area (Å²) in [6.07, 6.45) is 0. The molecule has 1 aromatic carbocycles. The van der Waals surface area contributed by atoms with E-state index in [1.54, 1.807) is 18.2 Å². The summed E-state index contributed by atoms with van der Waals surface area (Å²) >= 11 is 3.17. The first-order valence-electron chi connectivity index (χ1n) is 5.69. The van der Waals surface area contributed by atoms with E-state index >= 15 is 0 Å². The van der Waals surface area contributed by atoms with Gasteiger partial charge >= 0.3 is 0 Å². The van der Waals surface area contributed by atoms with E-state index in [1.165, 1.54) is 12.1 Å². The molecule has 4 nitrogen and oxygen atoms in total. The fraction of sp³-hybridized carbons (Fsp3) is 0.0714. The van der Waals surface area contributed by atoms with Crippen molar-refractivity contribution in [3.05, 3.63) is 63.6 Å². The van der Waals surface area contributed by atoms with E-state index in [0.29, 0.717) is 10.2 Å². The second-order valence-electron chi connectivity index (χ2n) is 3.95. The molecule has 2 aromatic rings. The molecular weight excluding hydrogens is 325 g/mol. The molecule has 6 heteroatoms. The highest BCUT2D eigenvalue weighted by Gasteiger charge is 2.09. The molecule has 0 aliphatic rings. The molecule has 0 fully saturated rings. The molecular formula is C14H9BrFN3O. The lowest BCUT2D eigenvalue weighted by atomic mass is 10.1. The van der Waals surface area contributed by atoms with Crippen LogP contribution in [0.1, 0.15) is 21.6 Å². The molecule has 0 saturated carbocycles. The van der Waals surface area contributed by atoms with Crippen molar-refractivity contribution in [3.8, 4) is 6.07 Å². The Morgan fingerprint density at radius 2 is 2.20 bits per heavy atom. The van der Waals surface area contributed by atoms with Gasteiger partial charge in [0.05, 0.1) is 11.6 Å². The first kappa shape index (κ1) is 14.2. The molecule has 1 heterocycles. The Balaban J connectivity index is 2.06. The number of rotatable bonds is 3. The van der Waals surface area contributed by atoms with Gasteiger partial charge in [-0.15, -0.1) is 0 Å². The molecule has 1 aromatic heterocycles. The third-order valence-electron chi connectivity index (χ3n) is 2.57. The lowest BCUT2D eigenvalue weighted by molar-refractivity contribution is 0.0945. The van der Waals surface area contributed by atoms with Gasteiger partial charge in [-0.05, 0) is 40.2 Å². The summed E-state index contributed by atoms with van der Waals surface area (Å²) in [6.45, 7) is 0.0323. The van der Waals surface area contributed by atoms with Crippen LogP contribution in [0.25, 0.3) is 0 Å². The van der Waals surface area contributed by atoms with Crippen molar-refractivity contribution in [1.29, 1.82) is 5.26 Å². The maximum atomic E-state index is 13.6. The van der Waals surface area contributed by atoms with Crippen molar-refractivity contribution >= 4 is 21.8 Å². The smallest absolute Gasteiger partial charge is 0.270 e. The largest absolute Gasteiger partial charge is 0.347 e. The number of hydrogen-bond donors (Lipinski definition) is 1. The average molecular weight is 334 g/mol. The normalized spacial score (nSPS) is 9.85. The predicted octanol–water partition coefficient (Wildman–Crippen LogP) is 2.78. The monoisotopic (exact) mass is 333 g/mol. The van der Waals surface area contributed by atoms with Gasteiger partial charge in [-0.3, -0.25) is 4.79 Å². The van der Waals surface area contributed by atoms with Crippen LogP contribution >= 0.6 is 15.9 Å². The predicted molar refractivity (Wildman–Crippen MR) is 74.2 cm³/mol. The molecule has 1 amide bonds. The van der Waals surface area contributed by atoms with E-state index in [2.05, 4.69) is 26.2 Å². The van der Waals surface area contributed by atoms with Crippen molar-refractivity contribution in [3.63, 3.8) is 0 Å². The zero-order valence-electron chi connectivity index (χ0n) is 10.2. The van der Waals surface area contributed by atoms with Crippen LogP contribution in [0.2, 0.25) is 0 Å². The third kappa shape index (κ3) is 3.39. The van der Waals surface area contributed by atoms with Gasteiger partial charge in [-0.25, -0.2) is 9.37 Å². The number of nitriles is 1. The second-order valence-corrected chi connectivity index (χ2v) is 4.76. The van der Waals surface area contributed by atoms with Crippen LogP contribution in [0.3, 0.4) is 0 Å². The van der Waals surface area contributed by atoms with E-state index in [-0.39, 0.29) is 17.8 Å². The Morgan fingerprint density at radius 1 is 1.40 bits per heavy atom. The Morgan fingerprint density at radius 3 is 2.85 bits per heavy atom. The van der Waals surface area contributed by atoms with E-state index in [9.17, 15) is 9.18 Å². The number of aromatic nitrogens is 1. The molecule has 20 heavy (non-hydrogen) atoms. The lowest BCUT2D eigenvalue weighted by Gasteiger charge is -2.06. The minimum absolute atomic E-state index is 0.0323. The first-order chi connectivity index (χ1) is 9.60. The highest BCUT2D eigenvalue weighted by atomic mass is 79.9. The van der Waals surface area contributed by atoms with Crippen LogP contribution in [0.5, 0.6) is 0 Å². The van der Waals surface area contributed by atoms with Crippen molar-refractivity contribution < 1.29 is 9.18 Å². The van der Waals surface area contributed by atoms with Gasteiger partial charge in [-0.1, -0.05) is 12.1 Å². The lowest BCUT2D eigenvalue weighted by Crippen LogP contribution is -2.24. The SMILES string of the molecule is N#Cc1ccc(CNC(=O)c2cccc(Br)n2)c(F)c1. The van der Waals surface area contributed by atoms with Crippen LogP contribution in [0.4, 0.5) is 4.39 Å². The number of hydrogen-bond acceptors (Lipinski definition) is 3. The van der Waals surface area contributed by atoms with Crippen molar-refractivity contribution in [1.82, 2.24) is 10.3 Å². The maximum Gasteiger partial charge on any atom is 0.270 e. The van der Waals surface area contributed by atoms with E-state index < -0.39 is 11.7 Å². The summed E-state index contributed by atoms with van der Waals surface area (Å²) in [7, 11) is 0. The maximum absolute atomic E-state index is 13.6. The van der Waals surface area contributed by atoms with Crippen LogP contribution in [0, 0.1) is 17.1 Å². The molecule has 1 N–H and O–H groups in total. The molecule has 0 bridgehead atoms. The average Bonchev–Trinajstić information content (AvgIpc) is 2.45. The standard InChI is InChI=1S/C14H9BrFN3O/c15-13-3-1-2-12(19-13)14(20)18-8-10-5-4-9(7-17)6-11(10)16/h1-6H,8H2,(H,18,20). The number of carbonyl (C=O) groups excluding carboxylic acids is 1. The summed E-state index contributed by atoms with van der Waals surface area (Å²) in [6, 6.07) is 10.9. The molecule has 0 radical (unpaired) electrons. The molecule has 0 spiro atoms. The number of nitrogens with zero attached hydrogens (tertiary/aromatic N) is 2. The summed E-state index contributed by atoms with van der Waals surface area (Å²) in [5.74, 6) is -0.915. The van der Waals surface area contributed by atoms with Gasteiger partial charge < -0.3 is 5.32 Å². The highest BCUT2D eigenvalue weighted by molar-refractivity contribution is 9.10. The van der Waals surface area contributed by atoms with Gasteiger partial charge in [-0.2, -0.15) is 5.26 Å². The van der Waals surface area contributed by atoms with Gasteiger partial charge in [0.1, 0.15) is 16.1 Å². The van der Waals surface area contributed by atoms with Gasteiger partial charge in [0, 0.05) is 12.1 Å². The molecule has 0 aliphatic heterocycles. The van der Waals surface area contributed by atoms with E-state index in [4.69, 9.17) is 5.26 Å². The highest BCUT2D eigenvalue weighted by Crippen LogP contribution is 2.10. The Hall–Kier alpha value is -2.26. The number of halogens is 2. The van der Waals surface area contributed by atoms with Crippen LogP contribution in [-0.4, -0.2) is 10.9 Å². The zero-order valence-corrected chi connectivity index (χ0v) is 11.8. The minimum Gasteiger partial charge on any atom is -0.347 e. The molecule has 2 rings (SSSR count). The number of carbonyl (C=O) groups is 1. The molecule has 0 unspecified atom stereocenters. The Bertz CT molecular complexity index is 697. The molecule has 0 atom stereocenters. The van der Waals surface area contributed by atoms with Crippen molar-refractivity contribution in [2.45, 2.75) is 6.54 Å². The van der Waals surface area contributed by atoms with E-state index in [0.717, 1.165) is 6.07 Å². The summed E-state index contributed by atoms with van der Waals surface area (Å²) in [4.78, 5) is 15.8. The molecule has 0 aliphatic carbocycles. The van der Waals surface area contributed by atoms with E-state index in [1.807, 2.05) is 6.07 Å². The molecule has 100 valence electrons. The number of nitrogens with one attached hydrogen (secondary N) is 1. The Kier molecular flexibility index (Phi) is 4.43. The van der Waals surface area contributed by atoms with Crippen LogP contribution < -0.4 is 5.32 Å². The quantitative estimate of drug-likeness (QED) is 0.878. The van der Waals surface area contributed by atoms with Gasteiger partial charge in [0.2, 0.25) is 0 Å².